The highest BCUT2D eigenvalue weighted by Gasteiger charge is 2.32. The number of nitrogens with zero attached hydrogens (tertiary/aromatic N) is 1. The van der Waals surface area contributed by atoms with Crippen molar-refractivity contribution in [1.82, 2.24) is 15.5 Å². The molecule has 0 fully saturated rings. The second-order valence-corrected chi connectivity index (χ2v) is 9.91. The molecule has 0 radical (unpaired) electrons. The van der Waals surface area contributed by atoms with Gasteiger partial charge in [-0.3, -0.25) is 9.59 Å². The van der Waals surface area contributed by atoms with Crippen LogP contribution in [0.2, 0.25) is 0 Å². The van der Waals surface area contributed by atoms with E-state index in [1.165, 1.54) is 12.0 Å². The number of carbonyl (C=O) groups is 4. The number of ketones is 1. The SMILES string of the molecule is CCN(C(=O)C(NC(=O)OC)C(C)C)C(C=O)CNCC(=O)c1ccc2c(c1)COc1cc(C(O)CN)ccc1-2. The van der Waals surface area contributed by atoms with E-state index < -0.39 is 30.2 Å². The molecule has 2 amide bonds. The summed E-state index contributed by atoms with van der Waals surface area (Å²) in [5.41, 5.74) is 9.39. The van der Waals surface area contributed by atoms with Crippen molar-refractivity contribution in [1.29, 1.82) is 0 Å². The number of hydrogen-bond donors (Lipinski definition) is 4. The van der Waals surface area contributed by atoms with E-state index in [0.29, 0.717) is 23.2 Å². The monoisotopic (exact) mass is 554 g/mol. The van der Waals surface area contributed by atoms with Gasteiger partial charge in [0.05, 0.1) is 25.8 Å². The smallest absolute Gasteiger partial charge is 0.407 e. The van der Waals surface area contributed by atoms with Crippen molar-refractivity contribution in [2.45, 2.75) is 45.6 Å². The Labute approximate surface area is 234 Å². The number of aliphatic hydroxyl groups excluding tert-OH is 1. The summed E-state index contributed by atoms with van der Waals surface area (Å²) in [5, 5.41) is 15.5. The first-order valence-corrected chi connectivity index (χ1v) is 13.3. The summed E-state index contributed by atoms with van der Waals surface area (Å²) in [4.78, 5) is 51.1. The van der Waals surface area contributed by atoms with Crippen LogP contribution in [-0.4, -0.2) is 79.4 Å². The predicted octanol–water partition coefficient (Wildman–Crippen LogP) is 1.81. The van der Waals surface area contributed by atoms with Gasteiger partial charge >= 0.3 is 6.09 Å². The quantitative estimate of drug-likeness (QED) is 0.214. The molecule has 216 valence electrons. The zero-order valence-electron chi connectivity index (χ0n) is 23.3. The molecule has 0 saturated carbocycles. The minimum atomic E-state index is -0.864. The molecule has 2 aromatic rings. The number of methoxy groups -OCH3 is 1. The molecule has 1 heterocycles. The van der Waals surface area contributed by atoms with Gasteiger partial charge in [0.15, 0.2) is 5.78 Å². The van der Waals surface area contributed by atoms with E-state index in [4.69, 9.17) is 10.5 Å². The van der Waals surface area contributed by atoms with Crippen LogP contribution in [0.1, 0.15) is 48.4 Å². The number of benzene rings is 2. The number of Topliss-reactive ketones (excluding diaryl/α,β-unsaturated/α-hetero) is 1. The maximum absolute atomic E-state index is 13.1. The van der Waals surface area contributed by atoms with Crippen LogP contribution >= 0.6 is 0 Å². The van der Waals surface area contributed by atoms with E-state index in [1.54, 1.807) is 45.0 Å². The van der Waals surface area contributed by atoms with E-state index in [9.17, 15) is 24.3 Å². The molecular weight excluding hydrogens is 516 g/mol. The number of likely N-dealkylation sites (N-methyl/N-ethyl adjacent to an activating group) is 1. The number of amides is 2. The van der Waals surface area contributed by atoms with Crippen molar-refractivity contribution < 1.29 is 33.8 Å². The van der Waals surface area contributed by atoms with Gasteiger partial charge in [-0.25, -0.2) is 4.79 Å². The average molecular weight is 555 g/mol. The van der Waals surface area contributed by atoms with Gasteiger partial charge in [-0.05, 0) is 41.7 Å². The fourth-order valence-corrected chi connectivity index (χ4v) is 4.63. The maximum atomic E-state index is 13.1. The largest absolute Gasteiger partial charge is 0.488 e. The second kappa shape index (κ2) is 14.0. The molecule has 1 aliphatic heterocycles. The summed E-state index contributed by atoms with van der Waals surface area (Å²) >= 11 is 0. The van der Waals surface area contributed by atoms with Crippen LogP contribution in [-0.2, 0) is 20.9 Å². The van der Waals surface area contributed by atoms with Crippen molar-refractivity contribution in [3.63, 3.8) is 0 Å². The lowest BCUT2D eigenvalue weighted by atomic mass is 9.93. The minimum absolute atomic E-state index is 0.0410. The van der Waals surface area contributed by atoms with E-state index in [-0.39, 0.29) is 44.5 Å². The molecule has 0 spiro atoms. The molecule has 3 rings (SSSR count). The highest BCUT2D eigenvalue weighted by molar-refractivity contribution is 5.98. The fraction of sp³-hybridized carbons (Fsp3) is 0.448. The summed E-state index contributed by atoms with van der Waals surface area (Å²) in [6.07, 6.45) is -0.846. The van der Waals surface area contributed by atoms with E-state index in [2.05, 4.69) is 15.4 Å². The molecule has 11 nitrogen and oxygen atoms in total. The van der Waals surface area contributed by atoms with Crippen molar-refractivity contribution in [3.05, 3.63) is 53.1 Å². The van der Waals surface area contributed by atoms with Gasteiger partial charge in [-0.2, -0.15) is 0 Å². The summed E-state index contributed by atoms with van der Waals surface area (Å²) < 4.78 is 10.5. The number of nitrogens with two attached hydrogens (primary N) is 1. The molecule has 2 aromatic carbocycles. The van der Waals surface area contributed by atoms with Gasteiger partial charge in [-0.15, -0.1) is 0 Å². The Hall–Kier alpha value is -3.80. The Bertz CT molecular complexity index is 1230. The molecule has 5 N–H and O–H groups in total. The Morgan fingerprint density at radius 1 is 1.18 bits per heavy atom. The second-order valence-electron chi connectivity index (χ2n) is 9.91. The molecule has 0 saturated heterocycles. The fourth-order valence-electron chi connectivity index (χ4n) is 4.63. The molecule has 3 atom stereocenters. The first-order valence-electron chi connectivity index (χ1n) is 13.3. The molecule has 3 unspecified atom stereocenters. The van der Waals surface area contributed by atoms with Crippen molar-refractivity contribution in [2.24, 2.45) is 11.7 Å². The maximum Gasteiger partial charge on any atom is 0.407 e. The lowest BCUT2D eigenvalue weighted by Gasteiger charge is -2.32. The van der Waals surface area contributed by atoms with Crippen LogP contribution in [0, 0.1) is 5.92 Å². The van der Waals surface area contributed by atoms with Crippen LogP contribution in [0.15, 0.2) is 36.4 Å². The summed E-state index contributed by atoms with van der Waals surface area (Å²) in [7, 11) is 1.21. The Kier molecular flexibility index (Phi) is 10.8. The first kappa shape index (κ1) is 30.7. The summed E-state index contributed by atoms with van der Waals surface area (Å²) in [6, 6.07) is 9.16. The summed E-state index contributed by atoms with van der Waals surface area (Å²) in [6.45, 7) is 5.95. The molecule has 40 heavy (non-hydrogen) atoms. The minimum Gasteiger partial charge on any atom is -0.488 e. The zero-order chi connectivity index (χ0) is 29.4. The van der Waals surface area contributed by atoms with Crippen LogP contribution in [0.25, 0.3) is 11.1 Å². The van der Waals surface area contributed by atoms with Crippen molar-refractivity contribution in [3.8, 4) is 16.9 Å². The summed E-state index contributed by atoms with van der Waals surface area (Å²) in [5.74, 6) is -0.175. The lowest BCUT2D eigenvalue weighted by molar-refractivity contribution is -0.138. The van der Waals surface area contributed by atoms with Gasteiger partial charge in [0, 0.05) is 30.8 Å². The molecule has 0 bridgehead atoms. The number of alkyl carbamates (subject to hydrolysis) is 1. The standard InChI is InChI=1S/C29H38N4O7/c1-5-33(28(37)27(17(2)3)32-29(38)39-4)21(15-34)13-31-14-25(36)18-6-8-22-20(10-18)16-40-26-11-19(24(35)12-30)7-9-23(22)26/h6-11,15,17,21,24,27,31,35H,5,12-14,16,30H2,1-4H3,(H,32,38). The van der Waals surface area contributed by atoms with Gasteiger partial charge in [0.25, 0.3) is 0 Å². The number of nitrogens with one attached hydrogen (secondary N) is 2. The van der Waals surface area contributed by atoms with Crippen LogP contribution < -0.4 is 21.1 Å². The van der Waals surface area contributed by atoms with E-state index in [1.807, 2.05) is 12.1 Å². The van der Waals surface area contributed by atoms with Crippen LogP contribution in [0.3, 0.4) is 0 Å². The van der Waals surface area contributed by atoms with E-state index in [0.717, 1.165) is 16.7 Å². The third-order valence-corrected chi connectivity index (χ3v) is 6.93. The predicted molar refractivity (Wildman–Crippen MR) is 149 cm³/mol. The number of fused-ring (bicyclic) bond motifs is 3. The number of carbonyl (C=O) groups excluding carboxylic acids is 4. The topological polar surface area (TPSA) is 160 Å². The Morgan fingerprint density at radius 3 is 2.52 bits per heavy atom. The van der Waals surface area contributed by atoms with Crippen LogP contribution in [0.4, 0.5) is 4.79 Å². The molecular formula is C29H38N4O7. The Morgan fingerprint density at radius 2 is 1.90 bits per heavy atom. The van der Waals surface area contributed by atoms with Gasteiger partial charge in [-0.1, -0.05) is 38.1 Å². The zero-order valence-corrected chi connectivity index (χ0v) is 23.3. The van der Waals surface area contributed by atoms with Gasteiger partial charge in [0.2, 0.25) is 5.91 Å². The van der Waals surface area contributed by atoms with Gasteiger partial charge < -0.3 is 40.6 Å². The number of aldehydes is 1. The highest BCUT2D eigenvalue weighted by atomic mass is 16.5. The average Bonchev–Trinajstić information content (AvgIpc) is 2.97. The van der Waals surface area contributed by atoms with Crippen LogP contribution in [0.5, 0.6) is 5.75 Å². The normalized spacial score (nSPS) is 14.2. The van der Waals surface area contributed by atoms with Crippen molar-refractivity contribution in [2.75, 3.05) is 33.3 Å². The first-order chi connectivity index (χ1) is 19.1. The number of hydrogen-bond acceptors (Lipinski definition) is 9. The third kappa shape index (κ3) is 7.04. The third-order valence-electron chi connectivity index (χ3n) is 6.93. The number of ether oxygens (including phenoxy) is 2. The molecule has 11 heteroatoms. The Balaban J connectivity index is 1.65. The van der Waals surface area contributed by atoms with E-state index >= 15 is 0 Å². The van der Waals surface area contributed by atoms with Gasteiger partial charge in [0.1, 0.15) is 24.7 Å². The lowest BCUT2D eigenvalue weighted by Crippen LogP contribution is -2.56. The molecule has 0 aliphatic carbocycles. The van der Waals surface area contributed by atoms with Crippen molar-refractivity contribution >= 4 is 24.1 Å². The number of aliphatic hydroxyl groups is 1. The molecule has 0 aromatic heterocycles. The number of rotatable bonds is 13. The molecule has 1 aliphatic rings. The highest BCUT2D eigenvalue weighted by Crippen LogP contribution is 2.39.